The van der Waals surface area contributed by atoms with E-state index in [0.717, 1.165) is 12.1 Å². The van der Waals surface area contributed by atoms with Gasteiger partial charge < -0.3 is 5.73 Å². The van der Waals surface area contributed by atoms with Crippen LogP contribution in [0.5, 0.6) is 0 Å². The first-order valence-electron chi connectivity index (χ1n) is 9.38. The summed E-state index contributed by atoms with van der Waals surface area (Å²) in [4.78, 5) is 0. The van der Waals surface area contributed by atoms with Crippen LogP contribution in [-0.4, -0.2) is 0 Å². The van der Waals surface area contributed by atoms with Crippen molar-refractivity contribution in [1.82, 2.24) is 0 Å². The molecule has 0 spiro atoms. The number of nitrogen functional groups attached to an aromatic ring is 1. The topological polar surface area (TPSA) is 26.0 Å². The molecule has 0 bridgehead atoms. The molecule has 3 aromatic carbocycles. The van der Waals surface area contributed by atoms with Gasteiger partial charge in [-0.2, -0.15) is 0 Å². The second-order valence-corrected chi connectivity index (χ2v) is 8.34. The standard InChI is InChI=1S/C25H21NS/c1-16-15-18(11-12-19(16)17-7-3-2-4-8-17)20-13-14-22-21-9-5-6-10-23(21)27-25(22)24(20)26/h2-14,16H,15,26H2,1H3. The van der Waals surface area contributed by atoms with E-state index >= 15 is 0 Å². The largest absolute Gasteiger partial charge is 0.397 e. The fourth-order valence-corrected chi connectivity index (χ4v) is 5.33. The van der Waals surface area contributed by atoms with Gasteiger partial charge in [0.15, 0.2) is 0 Å². The highest BCUT2D eigenvalue weighted by atomic mass is 32.1. The van der Waals surface area contributed by atoms with E-state index in [1.165, 1.54) is 42.4 Å². The van der Waals surface area contributed by atoms with Crippen LogP contribution in [0.4, 0.5) is 5.69 Å². The molecule has 0 fully saturated rings. The number of anilines is 1. The third kappa shape index (κ3) is 2.68. The quantitative estimate of drug-likeness (QED) is 0.374. The van der Waals surface area contributed by atoms with Gasteiger partial charge in [0.2, 0.25) is 0 Å². The first kappa shape index (κ1) is 16.3. The summed E-state index contributed by atoms with van der Waals surface area (Å²) >= 11 is 1.80. The Labute approximate surface area is 163 Å². The highest BCUT2D eigenvalue weighted by Gasteiger charge is 2.20. The maximum atomic E-state index is 6.65. The number of allylic oxidation sites excluding steroid dienone is 4. The summed E-state index contributed by atoms with van der Waals surface area (Å²) in [6, 6.07) is 23.7. The van der Waals surface area contributed by atoms with Crippen LogP contribution < -0.4 is 5.73 Å². The Kier molecular flexibility index (Phi) is 3.87. The summed E-state index contributed by atoms with van der Waals surface area (Å²) < 4.78 is 2.51. The molecule has 0 amide bonds. The Morgan fingerprint density at radius 2 is 1.63 bits per heavy atom. The average molecular weight is 368 g/mol. The van der Waals surface area contributed by atoms with Crippen LogP contribution >= 0.6 is 11.3 Å². The molecule has 27 heavy (non-hydrogen) atoms. The van der Waals surface area contributed by atoms with E-state index in [-0.39, 0.29) is 0 Å². The van der Waals surface area contributed by atoms with Gasteiger partial charge in [-0.05, 0) is 35.1 Å². The lowest BCUT2D eigenvalue weighted by molar-refractivity contribution is 0.771. The van der Waals surface area contributed by atoms with Gasteiger partial charge >= 0.3 is 0 Å². The number of benzene rings is 3. The molecular formula is C25H21NS. The van der Waals surface area contributed by atoms with Gasteiger partial charge in [-0.25, -0.2) is 0 Å². The number of rotatable bonds is 2. The van der Waals surface area contributed by atoms with E-state index in [9.17, 15) is 0 Å². The molecule has 0 aliphatic heterocycles. The summed E-state index contributed by atoms with van der Waals surface area (Å²) in [6.07, 6.45) is 5.54. The number of fused-ring (bicyclic) bond motifs is 3. The van der Waals surface area contributed by atoms with Crippen LogP contribution in [0.2, 0.25) is 0 Å². The predicted octanol–water partition coefficient (Wildman–Crippen LogP) is 7.14. The van der Waals surface area contributed by atoms with E-state index < -0.39 is 0 Å². The van der Waals surface area contributed by atoms with Crippen molar-refractivity contribution in [3.8, 4) is 0 Å². The lowest BCUT2D eigenvalue weighted by Gasteiger charge is -2.23. The highest BCUT2D eigenvalue weighted by molar-refractivity contribution is 7.26. The second-order valence-electron chi connectivity index (χ2n) is 7.29. The summed E-state index contributed by atoms with van der Waals surface area (Å²) in [6.45, 7) is 2.31. The van der Waals surface area contributed by atoms with Crippen LogP contribution in [0.15, 0.2) is 78.9 Å². The zero-order valence-corrected chi connectivity index (χ0v) is 16.1. The molecule has 1 aliphatic carbocycles. The molecule has 2 heteroatoms. The van der Waals surface area contributed by atoms with E-state index in [4.69, 9.17) is 5.73 Å². The van der Waals surface area contributed by atoms with Crippen molar-refractivity contribution in [2.75, 3.05) is 5.73 Å². The van der Waals surface area contributed by atoms with Crippen LogP contribution in [-0.2, 0) is 0 Å². The van der Waals surface area contributed by atoms with Gasteiger partial charge in [0.25, 0.3) is 0 Å². The fraction of sp³-hybridized carbons (Fsp3) is 0.120. The summed E-state index contributed by atoms with van der Waals surface area (Å²) in [5, 5.41) is 2.56. The van der Waals surface area contributed by atoms with Crippen molar-refractivity contribution in [3.63, 3.8) is 0 Å². The monoisotopic (exact) mass is 367 g/mol. The SMILES string of the molecule is CC1CC(c2ccc3c(sc4ccccc43)c2N)=CC=C1c1ccccc1. The highest BCUT2D eigenvalue weighted by Crippen LogP contribution is 2.43. The smallest absolute Gasteiger partial charge is 0.0591 e. The van der Waals surface area contributed by atoms with Crippen molar-refractivity contribution < 1.29 is 0 Å². The third-order valence-electron chi connectivity index (χ3n) is 5.56. The van der Waals surface area contributed by atoms with E-state index in [0.29, 0.717) is 5.92 Å². The Morgan fingerprint density at radius 1 is 0.852 bits per heavy atom. The Bertz CT molecular complexity index is 1210. The van der Waals surface area contributed by atoms with Gasteiger partial charge in [0.1, 0.15) is 0 Å². The number of nitrogens with two attached hydrogens (primary N) is 1. The van der Waals surface area contributed by atoms with E-state index in [1.54, 1.807) is 11.3 Å². The first-order chi connectivity index (χ1) is 13.2. The molecule has 0 radical (unpaired) electrons. The number of hydrogen-bond donors (Lipinski definition) is 1. The number of thiophene rings is 1. The van der Waals surface area contributed by atoms with Gasteiger partial charge in [0.05, 0.1) is 10.4 Å². The molecule has 0 saturated carbocycles. The van der Waals surface area contributed by atoms with Crippen molar-refractivity contribution >= 4 is 48.3 Å². The lowest BCUT2D eigenvalue weighted by Crippen LogP contribution is -2.06. The Morgan fingerprint density at radius 3 is 2.44 bits per heavy atom. The molecule has 5 rings (SSSR count). The molecule has 4 aromatic rings. The molecular weight excluding hydrogens is 346 g/mol. The van der Waals surface area contributed by atoms with E-state index in [1.807, 2.05) is 0 Å². The van der Waals surface area contributed by atoms with Crippen molar-refractivity contribution in [1.29, 1.82) is 0 Å². The average Bonchev–Trinajstić information content (AvgIpc) is 3.09. The minimum absolute atomic E-state index is 0.477. The normalized spacial score (nSPS) is 17.1. The zero-order chi connectivity index (χ0) is 18.4. The lowest BCUT2D eigenvalue weighted by atomic mass is 9.82. The van der Waals surface area contributed by atoms with Gasteiger partial charge in [-0.3, -0.25) is 0 Å². The summed E-state index contributed by atoms with van der Waals surface area (Å²) in [5.41, 5.74) is 12.8. The molecule has 1 aromatic heterocycles. The van der Waals surface area contributed by atoms with Crippen molar-refractivity contribution in [2.24, 2.45) is 5.92 Å². The zero-order valence-electron chi connectivity index (χ0n) is 15.3. The van der Waals surface area contributed by atoms with Crippen molar-refractivity contribution in [3.05, 3.63) is 90.0 Å². The Hall–Kier alpha value is -2.84. The van der Waals surface area contributed by atoms with E-state index in [2.05, 4.69) is 85.8 Å². The van der Waals surface area contributed by atoms with Crippen LogP contribution in [0.3, 0.4) is 0 Å². The maximum Gasteiger partial charge on any atom is 0.0591 e. The van der Waals surface area contributed by atoms with Gasteiger partial charge in [-0.1, -0.05) is 79.7 Å². The van der Waals surface area contributed by atoms with Crippen molar-refractivity contribution in [2.45, 2.75) is 13.3 Å². The molecule has 2 N–H and O–H groups in total. The fourth-order valence-electron chi connectivity index (χ4n) is 4.16. The van der Waals surface area contributed by atoms with Crippen LogP contribution in [0.1, 0.15) is 24.5 Å². The molecule has 1 unspecified atom stereocenters. The molecule has 1 atom stereocenters. The second kappa shape index (κ2) is 6.40. The van der Waals surface area contributed by atoms with Crippen LogP contribution in [0, 0.1) is 5.92 Å². The first-order valence-corrected chi connectivity index (χ1v) is 10.2. The maximum absolute atomic E-state index is 6.65. The molecule has 0 saturated heterocycles. The van der Waals surface area contributed by atoms with Gasteiger partial charge in [-0.15, -0.1) is 11.3 Å². The third-order valence-corrected chi connectivity index (χ3v) is 6.78. The minimum atomic E-state index is 0.477. The minimum Gasteiger partial charge on any atom is -0.397 e. The summed E-state index contributed by atoms with van der Waals surface area (Å²) in [5.74, 6) is 0.477. The molecule has 1 heterocycles. The van der Waals surface area contributed by atoms with Gasteiger partial charge in [0, 0.05) is 21.0 Å². The summed E-state index contributed by atoms with van der Waals surface area (Å²) in [7, 11) is 0. The number of hydrogen-bond acceptors (Lipinski definition) is 2. The Balaban J connectivity index is 1.61. The molecule has 1 aliphatic rings. The predicted molar refractivity (Wildman–Crippen MR) is 120 cm³/mol. The molecule has 132 valence electrons. The van der Waals surface area contributed by atoms with Crippen LogP contribution in [0.25, 0.3) is 31.3 Å². The molecule has 1 nitrogen and oxygen atoms in total.